The van der Waals surface area contributed by atoms with Crippen LogP contribution in [0, 0.1) is 0 Å². The van der Waals surface area contributed by atoms with Crippen molar-refractivity contribution >= 4 is 11.6 Å². The average Bonchev–Trinajstić information content (AvgIpc) is 2.49. The summed E-state index contributed by atoms with van der Waals surface area (Å²) in [5.41, 5.74) is 2.74. The molecule has 0 aliphatic carbocycles. The van der Waals surface area contributed by atoms with Crippen LogP contribution >= 0.6 is 11.6 Å². The maximum absolute atomic E-state index is 6.25. The van der Waals surface area contributed by atoms with Crippen molar-refractivity contribution in [3.05, 3.63) is 66.2 Å². The number of nitrogens with zero attached hydrogens (tertiary/aromatic N) is 3. The molecule has 0 radical (unpaired) electrons. The molecular formula is C15H10ClN3. The molecule has 0 atom stereocenters. The van der Waals surface area contributed by atoms with Crippen LogP contribution in [0.1, 0.15) is 0 Å². The van der Waals surface area contributed by atoms with E-state index in [1.54, 1.807) is 18.6 Å². The molecule has 0 N–H and O–H groups in total. The second kappa shape index (κ2) is 5.16. The Morgan fingerprint density at radius 3 is 2.26 bits per heavy atom. The number of aromatic nitrogens is 3. The highest BCUT2D eigenvalue weighted by Gasteiger charge is 2.08. The molecule has 0 spiro atoms. The highest BCUT2D eigenvalue weighted by Crippen LogP contribution is 2.27. The third-order valence-corrected chi connectivity index (χ3v) is 3.05. The first-order valence-electron chi connectivity index (χ1n) is 5.83. The van der Waals surface area contributed by atoms with E-state index in [0.717, 1.165) is 16.7 Å². The Morgan fingerprint density at radius 2 is 1.58 bits per heavy atom. The van der Waals surface area contributed by atoms with Crippen LogP contribution in [0.25, 0.3) is 22.5 Å². The zero-order valence-corrected chi connectivity index (χ0v) is 10.7. The zero-order chi connectivity index (χ0) is 13.1. The van der Waals surface area contributed by atoms with Gasteiger partial charge in [0.1, 0.15) is 5.15 Å². The van der Waals surface area contributed by atoms with Crippen molar-refractivity contribution in [3.63, 3.8) is 0 Å². The highest BCUT2D eigenvalue weighted by molar-refractivity contribution is 6.32. The summed E-state index contributed by atoms with van der Waals surface area (Å²) in [4.78, 5) is 12.7. The number of pyridine rings is 1. The molecule has 0 amide bonds. The van der Waals surface area contributed by atoms with Gasteiger partial charge in [0.15, 0.2) is 5.82 Å². The molecule has 0 aliphatic heterocycles. The molecule has 4 heteroatoms. The molecular weight excluding hydrogens is 258 g/mol. The summed E-state index contributed by atoms with van der Waals surface area (Å²) in [7, 11) is 0. The number of rotatable bonds is 2. The average molecular weight is 268 g/mol. The maximum Gasteiger partial charge on any atom is 0.160 e. The first-order valence-corrected chi connectivity index (χ1v) is 6.21. The van der Waals surface area contributed by atoms with E-state index in [-0.39, 0.29) is 0 Å². The van der Waals surface area contributed by atoms with Crippen molar-refractivity contribution in [2.75, 3.05) is 0 Å². The highest BCUT2D eigenvalue weighted by atomic mass is 35.5. The van der Waals surface area contributed by atoms with Gasteiger partial charge >= 0.3 is 0 Å². The second-order valence-electron chi connectivity index (χ2n) is 4.00. The molecule has 3 aromatic rings. The lowest BCUT2D eigenvalue weighted by atomic mass is 10.1. The number of hydrogen-bond acceptors (Lipinski definition) is 3. The normalized spacial score (nSPS) is 10.4. The summed E-state index contributed by atoms with van der Waals surface area (Å²) in [6.07, 6.45) is 5.16. The molecule has 0 saturated carbocycles. The zero-order valence-electron chi connectivity index (χ0n) is 9.99. The predicted molar refractivity (Wildman–Crippen MR) is 75.7 cm³/mol. The van der Waals surface area contributed by atoms with Crippen LogP contribution in [0.15, 0.2) is 61.1 Å². The van der Waals surface area contributed by atoms with Gasteiger partial charge in [-0.05, 0) is 17.7 Å². The Balaban J connectivity index is 2.04. The first-order chi connectivity index (χ1) is 9.34. The predicted octanol–water partition coefficient (Wildman–Crippen LogP) is 3.86. The van der Waals surface area contributed by atoms with Crippen molar-refractivity contribution in [1.29, 1.82) is 0 Å². The lowest BCUT2D eigenvalue weighted by Gasteiger charge is -2.05. The van der Waals surface area contributed by atoms with Gasteiger partial charge in [-0.2, -0.15) is 0 Å². The lowest BCUT2D eigenvalue weighted by Crippen LogP contribution is -1.92. The first kappa shape index (κ1) is 11.8. The lowest BCUT2D eigenvalue weighted by molar-refractivity contribution is 1.17. The molecule has 0 saturated heterocycles. The summed E-state index contributed by atoms with van der Waals surface area (Å²) in [6, 6.07) is 13.6. The van der Waals surface area contributed by atoms with E-state index in [9.17, 15) is 0 Å². The molecule has 3 nitrogen and oxygen atoms in total. The minimum atomic E-state index is 0.452. The van der Waals surface area contributed by atoms with Crippen LogP contribution in [0.5, 0.6) is 0 Å². The number of hydrogen-bond donors (Lipinski definition) is 0. The van der Waals surface area contributed by atoms with Crippen molar-refractivity contribution < 1.29 is 0 Å². The minimum absolute atomic E-state index is 0.452. The van der Waals surface area contributed by atoms with Gasteiger partial charge in [0.25, 0.3) is 0 Å². The van der Waals surface area contributed by atoms with Crippen LogP contribution in [0.4, 0.5) is 0 Å². The Hall–Kier alpha value is -2.26. The van der Waals surface area contributed by atoms with Crippen molar-refractivity contribution in [2.45, 2.75) is 0 Å². The van der Waals surface area contributed by atoms with E-state index < -0.39 is 0 Å². The fourth-order valence-electron chi connectivity index (χ4n) is 1.81. The van der Waals surface area contributed by atoms with E-state index >= 15 is 0 Å². The molecule has 92 valence electrons. The molecule has 0 bridgehead atoms. The minimum Gasteiger partial charge on any atom is -0.265 e. The van der Waals surface area contributed by atoms with Crippen LogP contribution in [0.3, 0.4) is 0 Å². The van der Waals surface area contributed by atoms with E-state index in [0.29, 0.717) is 11.0 Å². The number of halogens is 1. The summed E-state index contributed by atoms with van der Waals surface area (Å²) in [5.74, 6) is 0.604. The maximum atomic E-state index is 6.25. The van der Waals surface area contributed by atoms with E-state index in [1.165, 1.54) is 0 Å². The Labute approximate surface area is 116 Å². The summed E-state index contributed by atoms with van der Waals surface area (Å²) >= 11 is 6.25. The smallest absolute Gasteiger partial charge is 0.160 e. The summed E-state index contributed by atoms with van der Waals surface area (Å²) in [6.45, 7) is 0. The van der Waals surface area contributed by atoms with Gasteiger partial charge in [-0.15, -0.1) is 0 Å². The Morgan fingerprint density at radius 1 is 0.842 bits per heavy atom. The summed E-state index contributed by atoms with van der Waals surface area (Å²) < 4.78 is 0. The molecule has 0 unspecified atom stereocenters. The third kappa shape index (κ3) is 2.46. The van der Waals surface area contributed by atoms with Crippen LogP contribution in [-0.2, 0) is 0 Å². The molecule has 1 aromatic carbocycles. The fraction of sp³-hybridized carbons (Fsp3) is 0. The third-order valence-electron chi connectivity index (χ3n) is 2.77. The van der Waals surface area contributed by atoms with E-state index in [1.807, 2.05) is 42.5 Å². The van der Waals surface area contributed by atoms with E-state index in [2.05, 4.69) is 15.0 Å². The molecule has 0 fully saturated rings. The van der Waals surface area contributed by atoms with Crippen molar-refractivity contribution in [1.82, 2.24) is 15.0 Å². The SMILES string of the molecule is Clc1nc(-c2ccncc2)ncc1-c1ccccc1. The molecule has 3 rings (SSSR count). The van der Waals surface area contributed by atoms with Crippen LogP contribution in [0.2, 0.25) is 5.15 Å². The number of benzene rings is 1. The van der Waals surface area contributed by atoms with Gasteiger partial charge < -0.3 is 0 Å². The second-order valence-corrected chi connectivity index (χ2v) is 4.36. The van der Waals surface area contributed by atoms with Gasteiger partial charge in [-0.25, -0.2) is 9.97 Å². The van der Waals surface area contributed by atoms with Gasteiger partial charge in [0.05, 0.1) is 0 Å². The topological polar surface area (TPSA) is 38.7 Å². The van der Waals surface area contributed by atoms with Gasteiger partial charge in [-0.1, -0.05) is 41.9 Å². The molecule has 2 aromatic heterocycles. The van der Waals surface area contributed by atoms with Gasteiger partial charge in [0, 0.05) is 29.7 Å². The Kier molecular flexibility index (Phi) is 3.21. The Bertz CT molecular complexity index is 684. The van der Waals surface area contributed by atoms with Crippen molar-refractivity contribution in [3.8, 4) is 22.5 Å². The quantitative estimate of drug-likeness (QED) is 0.662. The monoisotopic (exact) mass is 267 g/mol. The largest absolute Gasteiger partial charge is 0.265 e. The standard InChI is InChI=1S/C15H10ClN3/c16-14-13(11-4-2-1-3-5-11)10-18-15(19-14)12-6-8-17-9-7-12/h1-10H. The van der Waals surface area contributed by atoms with Gasteiger partial charge in [-0.3, -0.25) is 4.98 Å². The molecule has 2 heterocycles. The summed E-state index contributed by atoms with van der Waals surface area (Å²) in [5, 5.41) is 0.452. The molecule has 0 aliphatic rings. The van der Waals surface area contributed by atoms with Crippen LogP contribution in [-0.4, -0.2) is 15.0 Å². The van der Waals surface area contributed by atoms with Crippen LogP contribution < -0.4 is 0 Å². The van der Waals surface area contributed by atoms with Gasteiger partial charge in [0.2, 0.25) is 0 Å². The fourth-order valence-corrected chi connectivity index (χ4v) is 2.05. The van der Waals surface area contributed by atoms with E-state index in [4.69, 9.17) is 11.6 Å². The van der Waals surface area contributed by atoms with Crippen molar-refractivity contribution in [2.24, 2.45) is 0 Å². The molecule has 19 heavy (non-hydrogen) atoms.